The molecule has 0 saturated heterocycles. The van der Waals surface area contributed by atoms with Crippen LogP contribution in [0.4, 0.5) is 4.39 Å². The Bertz CT molecular complexity index is 733. The molecule has 4 heteroatoms. The zero-order valence-electron chi connectivity index (χ0n) is 10.9. The Morgan fingerprint density at radius 2 is 2.16 bits per heavy atom. The van der Waals surface area contributed by atoms with Crippen LogP contribution >= 0.6 is 0 Å². The fourth-order valence-corrected chi connectivity index (χ4v) is 2.25. The topological polar surface area (TPSA) is 37.9 Å². The van der Waals surface area contributed by atoms with Crippen molar-refractivity contribution in [1.82, 2.24) is 9.97 Å². The molecule has 2 heterocycles. The number of halogens is 1. The van der Waals surface area contributed by atoms with Crippen molar-refractivity contribution in [3.05, 3.63) is 36.2 Å². The van der Waals surface area contributed by atoms with Crippen molar-refractivity contribution in [3.63, 3.8) is 0 Å². The maximum atomic E-state index is 12.8. The highest BCUT2D eigenvalue weighted by Gasteiger charge is 2.08. The van der Waals surface area contributed by atoms with E-state index in [9.17, 15) is 4.39 Å². The van der Waals surface area contributed by atoms with E-state index in [0.29, 0.717) is 5.75 Å². The maximum absolute atomic E-state index is 12.8. The molecule has 19 heavy (non-hydrogen) atoms. The van der Waals surface area contributed by atoms with Crippen molar-refractivity contribution in [2.45, 2.75) is 20.0 Å². The first-order chi connectivity index (χ1) is 9.15. The lowest BCUT2D eigenvalue weighted by Crippen LogP contribution is -2.08. The SMILES string of the molecule is Cc1nccc2c1[nH]c1cc(OCC(C)F)ccc12. The molecule has 0 aliphatic carbocycles. The number of fused-ring (bicyclic) bond motifs is 3. The van der Waals surface area contributed by atoms with Gasteiger partial charge >= 0.3 is 0 Å². The summed E-state index contributed by atoms with van der Waals surface area (Å²) in [7, 11) is 0. The molecule has 0 radical (unpaired) electrons. The van der Waals surface area contributed by atoms with Gasteiger partial charge in [0, 0.05) is 23.0 Å². The number of hydrogen-bond donors (Lipinski definition) is 1. The zero-order valence-corrected chi connectivity index (χ0v) is 10.9. The maximum Gasteiger partial charge on any atom is 0.131 e. The van der Waals surface area contributed by atoms with Gasteiger partial charge in [0.05, 0.1) is 16.7 Å². The molecule has 3 aromatic rings. The monoisotopic (exact) mass is 258 g/mol. The molecule has 1 N–H and O–H groups in total. The van der Waals surface area contributed by atoms with E-state index in [4.69, 9.17) is 4.74 Å². The summed E-state index contributed by atoms with van der Waals surface area (Å²) in [5, 5.41) is 2.27. The molecule has 3 rings (SSSR count). The third kappa shape index (κ3) is 2.14. The predicted octanol–water partition coefficient (Wildman–Crippen LogP) is 3.76. The van der Waals surface area contributed by atoms with Crippen LogP contribution in [-0.4, -0.2) is 22.7 Å². The average molecular weight is 258 g/mol. The Morgan fingerprint density at radius 3 is 2.95 bits per heavy atom. The minimum absolute atomic E-state index is 0.0757. The van der Waals surface area contributed by atoms with E-state index in [1.807, 2.05) is 31.2 Å². The summed E-state index contributed by atoms with van der Waals surface area (Å²) in [6.45, 7) is 3.53. The second-order valence-corrected chi connectivity index (χ2v) is 4.74. The third-order valence-corrected chi connectivity index (χ3v) is 3.16. The number of pyridine rings is 1. The van der Waals surface area contributed by atoms with Crippen molar-refractivity contribution < 1.29 is 9.13 Å². The van der Waals surface area contributed by atoms with Crippen LogP contribution in [0, 0.1) is 6.92 Å². The minimum Gasteiger partial charge on any atom is -0.490 e. The van der Waals surface area contributed by atoms with E-state index in [-0.39, 0.29) is 6.61 Å². The fourth-order valence-electron chi connectivity index (χ4n) is 2.25. The number of aryl methyl sites for hydroxylation is 1. The second-order valence-electron chi connectivity index (χ2n) is 4.74. The molecular weight excluding hydrogens is 243 g/mol. The molecule has 1 unspecified atom stereocenters. The molecule has 1 aromatic carbocycles. The number of alkyl halides is 1. The number of benzene rings is 1. The lowest BCUT2D eigenvalue weighted by molar-refractivity contribution is 0.210. The quantitative estimate of drug-likeness (QED) is 0.776. The summed E-state index contributed by atoms with van der Waals surface area (Å²) in [6, 6.07) is 7.75. The summed E-state index contributed by atoms with van der Waals surface area (Å²) in [4.78, 5) is 7.61. The molecular formula is C15H15FN2O. The standard InChI is InChI=1S/C15H15FN2O/c1-9(16)8-19-11-3-4-12-13-5-6-17-10(2)15(13)18-14(12)7-11/h3-7,9,18H,8H2,1-2H3. The highest BCUT2D eigenvalue weighted by molar-refractivity contribution is 6.08. The van der Waals surface area contributed by atoms with Crippen molar-refractivity contribution in [2.75, 3.05) is 6.61 Å². The van der Waals surface area contributed by atoms with E-state index in [1.54, 1.807) is 6.20 Å². The van der Waals surface area contributed by atoms with Gasteiger partial charge in [0.25, 0.3) is 0 Å². The average Bonchev–Trinajstić information content (AvgIpc) is 2.76. The summed E-state index contributed by atoms with van der Waals surface area (Å²) in [6.07, 6.45) is 0.838. The van der Waals surface area contributed by atoms with E-state index in [0.717, 1.165) is 27.5 Å². The van der Waals surface area contributed by atoms with E-state index < -0.39 is 6.17 Å². The molecule has 0 amide bonds. The molecule has 0 saturated carbocycles. The van der Waals surface area contributed by atoms with E-state index in [1.165, 1.54) is 6.92 Å². The lowest BCUT2D eigenvalue weighted by atomic mass is 10.1. The predicted molar refractivity (Wildman–Crippen MR) is 74.4 cm³/mol. The summed E-state index contributed by atoms with van der Waals surface area (Å²) >= 11 is 0. The highest BCUT2D eigenvalue weighted by Crippen LogP contribution is 2.29. The van der Waals surface area contributed by atoms with Gasteiger partial charge in [0.15, 0.2) is 0 Å². The van der Waals surface area contributed by atoms with Gasteiger partial charge in [-0.1, -0.05) is 0 Å². The van der Waals surface area contributed by atoms with Gasteiger partial charge in [-0.25, -0.2) is 4.39 Å². The third-order valence-electron chi connectivity index (χ3n) is 3.16. The van der Waals surface area contributed by atoms with Gasteiger partial charge in [-0.3, -0.25) is 4.98 Å². The van der Waals surface area contributed by atoms with Crippen LogP contribution in [0.1, 0.15) is 12.6 Å². The van der Waals surface area contributed by atoms with Crippen molar-refractivity contribution >= 4 is 21.8 Å². The molecule has 98 valence electrons. The normalized spacial score (nSPS) is 13.0. The van der Waals surface area contributed by atoms with Gasteiger partial charge in [0.2, 0.25) is 0 Å². The van der Waals surface area contributed by atoms with Crippen LogP contribution in [0.2, 0.25) is 0 Å². The molecule has 0 spiro atoms. The zero-order chi connectivity index (χ0) is 13.4. The number of nitrogens with one attached hydrogen (secondary N) is 1. The summed E-state index contributed by atoms with van der Waals surface area (Å²) in [5.41, 5.74) is 2.98. The first-order valence-electron chi connectivity index (χ1n) is 6.29. The van der Waals surface area contributed by atoms with E-state index in [2.05, 4.69) is 9.97 Å². The molecule has 3 nitrogen and oxygen atoms in total. The summed E-state index contributed by atoms with van der Waals surface area (Å²) in [5.74, 6) is 0.675. The van der Waals surface area contributed by atoms with Crippen LogP contribution in [0.3, 0.4) is 0 Å². The number of ether oxygens (including phenoxy) is 1. The molecule has 0 aliphatic rings. The second kappa shape index (κ2) is 4.53. The number of H-pyrrole nitrogens is 1. The Hall–Kier alpha value is -2.10. The Labute approximate surface area is 110 Å². The number of nitrogens with zero attached hydrogens (tertiary/aromatic N) is 1. The van der Waals surface area contributed by atoms with Crippen molar-refractivity contribution in [2.24, 2.45) is 0 Å². The van der Waals surface area contributed by atoms with Gasteiger partial charge in [-0.05, 0) is 32.0 Å². The summed E-state index contributed by atoms with van der Waals surface area (Å²) < 4.78 is 18.2. The van der Waals surface area contributed by atoms with Gasteiger partial charge in [-0.15, -0.1) is 0 Å². The first kappa shape index (κ1) is 12.0. The van der Waals surface area contributed by atoms with Gasteiger partial charge in [-0.2, -0.15) is 0 Å². The number of rotatable bonds is 3. The van der Waals surface area contributed by atoms with E-state index >= 15 is 0 Å². The number of hydrogen-bond acceptors (Lipinski definition) is 2. The first-order valence-corrected chi connectivity index (χ1v) is 6.29. The Kier molecular flexibility index (Phi) is 2.85. The minimum atomic E-state index is -0.968. The number of aromatic amines is 1. The fraction of sp³-hybridized carbons (Fsp3) is 0.267. The van der Waals surface area contributed by atoms with Crippen molar-refractivity contribution in [3.8, 4) is 5.75 Å². The van der Waals surface area contributed by atoms with Crippen LogP contribution in [0.5, 0.6) is 5.75 Å². The largest absolute Gasteiger partial charge is 0.490 e. The molecule has 0 bridgehead atoms. The van der Waals surface area contributed by atoms with Crippen LogP contribution in [0.25, 0.3) is 21.8 Å². The Balaban J connectivity index is 2.08. The smallest absolute Gasteiger partial charge is 0.131 e. The Morgan fingerprint density at radius 1 is 1.32 bits per heavy atom. The van der Waals surface area contributed by atoms with Crippen LogP contribution in [-0.2, 0) is 0 Å². The highest BCUT2D eigenvalue weighted by atomic mass is 19.1. The lowest BCUT2D eigenvalue weighted by Gasteiger charge is -2.06. The number of aromatic nitrogens is 2. The molecule has 0 aliphatic heterocycles. The molecule has 0 fully saturated rings. The van der Waals surface area contributed by atoms with Crippen LogP contribution in [0.15, 0.2) is 30.5 Å². The van der Waals surface area contributed by atoms with Crippen LogP contribution < -0.4 is 4.74 Å². The molecule has 2 aromatic heterocycles. The van der Waals surface area contributed by atoms with Gasteiger partial charge < -0.3 is 9.72 Å². The van der Waals surface area contributed by atoms with Crippen molar-refractivity contribution in [1.29, 1.82) is 0 Å². The van der Waals surface area contributed by atoms with Gasteiger partial charge in [0.1, 0.15) is 18.5 Å². The molecule has 1 atom stereocenters.